The Kier molecular flexibility index (Phi) is 4.99. The Morgan fingerprint density at radius 2 is 2.30 bits per heavy atom. The van der Waals surface area contributed by atoms with Crippen LogP contribution in [0.5, 0.6) is 0 Å². The minimum absolute atomic E-state index is 0.0619. The summed E-state index contributed by atoms with van der Waals surface area (Å²) in [6, 6.07) is 4.01. The maximum Gasteiger partial charge on any atom is 0.216 e. The first-order valence-electron chi connectivity index (χ1n) is 8.08. The van der Waals surface area contributed by atoms with E-state index in [9.17, 15) is 8.42 Å². The molecular formula is C15H22N4O3S. The van der Waals surface area contributed by atoms with Crippen LogP contribution in [0.25, 0.3) is 0 Å². The fraction of sp³-hybridized carbons (Fsp3) is 0.733. The molecule has 0 radical (unpaired) electrons. The average Bonchev–Trinajstić information content (AvgIpc) is 3.24. The third-order valence-corrected chi connectivity index (χ3v) is 6.36. The second kappa shape index (κ2) is 6.99. The van der Waals surface area contributed by atoms with Crippen LogP contribution in [-0.2, 0) is 14.8 Å². The van der Waals surface area contributed by atoms with Gasteiger partial charge in [-0.3, -0.25) is 5.10 Å². The SMILES string of the molecule is N#CC(OCCS(=O)(=O)N1CCCC(c2ccn[nH]2)C1)C1CC1. The van der Waals surface area contributed by atoms with E-state index in [-0.39, 0.29) is 18.3 Å². The predicted molar refractivity (Wildman–Crippen MR) is 84.0 cm³/mol. The van der Waals surface area contributed by atoms with Crippen molar-refractivity contribution in [3.8, 4) is 6.07 Å². The molecule has 1 saturated heterocycles. The molecule has 1 aliphatic carbocycles. The van der Waals surface area contributed by atoms with E-state index in [2.05, 4.69) is 16.3 Å². The summed E-state index contributed by atoms with van der Waals surface area (Å²) in [6.45, 7) is 1.12. The molecule has 7 nitrogen and oxygen atoms in total. The number of rotatable bonds is 7. The lowest BCUT2D eigenvalue weighted by Gasteiger charge is -2.31. The van der Waals surface area contributed by atoms with Crippen molar-refractivity contribution in [1.29, 1.82) is 5.26 Å². The monoisotopic (exact) mass is 338 g/mol. The Morgan fingerprint density at radius 3 is 2.96 bits per heavy atom. The molecule has 2 atom stereocenters. The molecule has 3 rings (SSSR count). The Balaban J connectivity index is 1.53. The molecule has 1 N–H and O–H groups in total. The smallest absolute Gasteiger partial charge is 0.216 e. The number of aromatic nitrogens is 2. The Hall–Kier alpha value is -1.43. The van der Waals surface area contributed by atoms with Crippen LogP contribution in [0.2, 0.25) is 0 Å². The van der Waals surface area contributed by atoms with Crippen molar-refractivity contribution >= 4 is 10.0 Å². The molecule has 0 bridgehead atoms. The van der Waals surface area contributed by atoms with Gasteiger partial charge in [0.25, 0.3) is 0 Å². The van der Waals surface area contributed by atoms with Gasteiger partial charge in [0.15, 0.2) is 0 Å². The Bertz CT molecular complexity index is 649. The number of nitrogens with zero attached hydrogens (tertiary/aromatic N) is 3. The van der Waals surface area contributed by atoms with Crippen molar-refractivity contribution in [2.24, 2.45) is 5.92 Å². The van der Waals surface area contributed by atoms with Crippen LogP contribution in [0.15, 0.2) is 12.3 Å². The molecule has 0 amide bonds. The molecule has 23 heavy (non-hydrogen) atoms. The molecular weight excluding hydrogens is 316 g/mol. The normalized spacial score (nSPS) is 24.2. The van der Waals surface area contributed by atoms with E-state index in [0.29, 0.717) is 19.0 Å². The molecule has 2 fully saturated rings. The van der Waals surface area contributed by atoms with Gasteiger partial charge < -0.3 is 4.74 Å². The molecule has 126 valence electrons. The quantitative estimate of drug-likeness (QED) is 0.806. The average molecular weight is 338 g/mol. The number of hydrogen-bond donors (Lipinski definition) is 1. The van der Waals surface area contributed by atoms with Gasteiger partial charge in [0.05, 0.1) is 18.4 Å². The van der Waals surface area contributed by atoms with E-state index in [1.54, 1.807) is 10.5 Å². The highest BCUT2D eigenvalue weighted by molar-refractivity contribution is 7.89. The van der Waals surface area contributed by atoms with Crippen LogP contribution in [0.3, 0.4) is 0 Å². The third kappa shape index (κ3) is 4.10. The second-order valence-corrected chi connectivity index (χ2v) is 8.37. The molecule has 1 aromatic heterocycles. The van der Waals surface area contributed by atoms with Crippen molar-refractivity contribution in [1.82, 2.24) is 14.5 Å². The lowest BCUT2D eigenvalue weighted by molar-refractivity contribution is 0.0870. The fourth-order valence-electron chi connectivity index (χ4n) is 3.03. The number of piperidine rings is 1. The summed E-state index contributed by atoms with van der Waals surface area (Å²) in [6.07, 6.45) is 5.04. The van der Waals surface area contributed by atoms with Gasteiger partial charge in [-0.2, -0.15) is 10.4 Å². The van der Waals surface area contributed by atoms with Gasteiger partial charge in [-0.1, -0.05) is 0 Å². The molecule has 0 aromatic carbocycles. The zero-order chi connectivity index (χ0) is 16.3. The zero-order valence-corrected chi connectivity index (χ0v) is 13.8. The molecule has 8 heteroatoms. The first-order valence-corrected chi connectivity index (χ1v) is 9.69. The Labute approximate surface area is 136 Å². The van der Waals surface area contributed by atoms with Crippen LogP contribution in [0.4, 0.5) is 0 Å². The van der Waals surface area contributed by atoms with Gasteiger partial charge in [-0.25, -0.2) is 12.7 Å². The summed E-state index contributed by atoms with van der Waals surface area (Å²) in [5, 5.41) is 15.9. The summed E-state index contributed by atoms with van der Waals surface area (Å²) >= 11 is 0. The number of sulfonamides is 1. The standard InChI is InChI=1S/C15H22N4O3S/c16-10-15(12-3-4-12)22-8-9-23(20,21)19-7-1-2-13(11-19)14-5-6-17-18-14/h5-6,12-13,15H,1-4,7-9,11H2,(H,17,18). The minimum atomic E-state index is -3.35. The van der Waals surface area contributed by atoms with Crippen LogP contribution >= 0.6 is 0 Å². The molecule has 0 spiro atoms. The first-order chi connectivity index (χ1) is 11.1. The third-order valence-electron chi connectivity index (χ3n) is 4.56. The van der Waals surface area contributed by atoms with Crippen LogP contribution in [0.1, 0.15) is 37.3 Å². The topological polar surface area (TPSA) is 99.1 Å². The number of nitrogens with one attached hydrogen (secondary N) is 1. The van der Waals surface area contributed by atoms with Crippen molar-refractivity contribution < 1.29 is 13.2 Å². The summed E-state index contributed by atoms with van der Waals surface area (Å²) in [5.74, 6) is 0.399. The largest absolute Gasteiger partial charge is 0.362 e. The molecule has 2 unspecified atom stereocenters. The fourth-order valence-corrected chi connectivity index (χ4v) is 4.41. The summed E-state index contributed by atoms with van der Waals surface area (Å²) in [5.41, 5.74) is 0.986. The van der Waals surface area contributed by atoms with Crippen molar-refractivity contribution in [2.75, 3.05) is 25.4 Å². The van der Waals surface area contributed by atoms with Gasteiger partial charge in [0, 0.05) is 30.9 Å². The highest BCUT2D eigenvalue weighted by Crippen LogP contribution is 2.34. The van der Waals surface area contributed by atoms with Gasteiger partial charge >= 0.3 is 0 Å². The minimum Gasteiger partial charge on any atom is -0.362 e. The highest BCUT2D eigenvalue weighted by atomic mass is 32.2. The van der Waals surface area contributed by atoms with E-state index in [1.807, 2.05) is 6.07 Å². The summed E-state index contributed by atoms with van der Waals surface area (Å²) in [7, 11) is -3.35. The molecule has 2 heterocycles. The lowest BCUT2D eigenvalue weighted by Crippen LogP contribution is -2.41. The zero-order valence-electron chi connectivity index (χ0n) is 13.0. The van der Waals surface area contributed by atoms with Gasteiger partial charge in [0.1, 0.15) is 6.10 Å². The second-order valence-electron chi connectivity index (χ2n) is 6.28. The first kappa shape index (κ1) is 16.4. The van der Waals surface area contributed by atoms with Gasteiger partial charge in [0.2, 0.25) is 10.0 Å². The number of nitriles is 1. The van der Waals surface area contributed by atoms with Gasteiger partial charge in [-0.05, 0) is 37.7 Å². The molecule has 1 saturated carbocycles. The number of H-pyrrole nitrogens is 1. The van der Waals surface area contributed by atoms with Crippen LogP contribution in [-0.4, -0.2) is 54.5 Å². The van der Waals surface area contributed by atoms with E-state index >= 15 is 0 Å². The van der Waals surface area contributed by atoms with Crippen LogP contribution < -0.4 is 0 Å². The van der Waals surface area contributed by atoms with Crippen molar-refractivity contribution in [2.45, 2.75) is 37.7 Å². The molecule has 1 aromatic rings. The maximum absolute atomic E-state index is 12.5. The lowest BCUT2D eigenvalue weighted by atomic mass is 9.96. The number of aromatic amines is 1. The van der Waals surface area contributed by atoms with Crippen molar-refractivity contribution in [3.05, 3.63) is 18.0 Å². The van der Waals surface area contributed by atoms with E-state index < -0.39 is 16.1 Å². The number of hydrogen-bond acceptors (Lipinski definition) is 5. The highest BCUT2D eigenvalue weighted by Gasteiger charge is 2.33. The molecule has 2 aliphatic rings. The van der Waals surface area contributed by atoms with E-state index in [4.69, 9.17) is 10.00 Å². The number of ether oxygens (including phenoxy) is 1. The maximum atomic E-state index is 12.5. The molecule has 1 aliphatic heterocycles. The van der Waals surface area contributed by atoms with E-state index in [1.165, 1.54) is 0 Å². The van der Waals surface area contributed by atoms with E-state index in [0.717, 1.165) is 31.4 Å². The summed E-state index contributed by atoms with van der Waals surface area (Å²) < 4.78 is 32.0. The Morgan fingerprint density at radius 1 is 1.48 bits per heavy atom. The van der Waals surface area contributed by atoms with Crippen molar-refractivity contribution in [3.63, 3.8) is 0 Å². The predicted octanol–water partition coefficient (Wildman–Crippen LogP) is 1.24. The summed E-state index contributed by atoms with van der Waals surface area (Å²) in [4.78, 5) is 0. The van der Waals surface area contributed by atoms with Crippen LogP contribution in [0, 0.1) is 17.2 Å². The van der Waals surface area contributed by atoms with Gasteiger partial charge in [-0.15, -0.1) is 0 Å².